The zero-order chi connectivity index (χ0) is 37.4. The molecule has 0 fully saturated rings. The minimum absolute atomic E-state index is 0.157. The summed E-state index contributed by atoms with van der Waals surface area (Å²) >= 11 is 0. The molecule has 264 valence electrons. The van der Waals surface area contributed by atoms with Crippen molar-refractivity contribution >= 4 is 10.8 Å². The van der Waals surface area contributed by atoms with Crippen molar-refractivity contribution in [3.63, 3.8) is 0 Å². The lowest BCUT2D eigenvalue weighted by Crippen LogP contribution is -2.28. The molecule has 11 rings (SSSR count). The maximum absolute atomic E-state index is 5.38. The van der Waals surface area contributed by atoms with Crippen LogP contribution in [0.2, 0.25) is 0 Å². The van der Waals surface area contributed by atoms with Gasteiger partial charge in [0.05, 0.1) is 16.8 Å². The summed E-state index contributed by atoms with van der Waals surface area (Å²) < 4.78 is 0. The van der Waals surface area contributed by atoms with Crippen molar-refractivity contribution in [3.8, 4) is 56.2 Å². The summed E-state index contributed by atoms with van der Waals surface area (Å²) in [6.07, 6.45) is 0. The van der Waals surface area contributed by atoms with E-state index in [1.165, 1.54) is 66.4 Å². The zero-order valence-electron chi connectivity index (χ0n) is 31.4. The average Bonchev–Trinajstić information content (AvgIpc) is 3.68. The standard InChI is InChI=1S/C54H38N2/c1-53(2)46-28-16-26-43(51(46)44-31-36-19-12-13-20-37(36)32-47(44)53)50-34-49(55-52(56-50)35-17-6-3-7-18-35)38-29-30-42-41-25-14-15-27-45(41)54(48(42)33-38,39-21-8-4-9-22-39)40-23-10-5-11-24-40/h3-34H,1-2H3. The smallest absolute Gasteiger partial charge is 0.160 e. The Kier molecular flexibility index (Phi) is 7.15. The van der Waals surface area contributed by atoms with Gasteiger partial charge in [0.25, 0.3) is 0 Å². The molecular weight excluding hydrogens is 677 g/mol. The molecule has 56 heavy (non-hydrogen) atoms. The molecule has 0 radical (unpaired) electrons. The maximum atomic E-state index is 5.38. The van der Waals surface area contributed by atoms with Crippen LogP contribution < -0.4 is 0 Å². The summed E-state index contributed by atoms with van der Waals surface area (Å²) in [6.45, 7) is 4.70. The molecule has 0 unspecified atom stereocenters. The quantitative estimate of drug-likeness (QED) is 0.177. The Bertz CT molecular complexity index is 2940. The molecule has 0 saturated heterocycles. The van der Waals surface area contributed by atoms with E-state index in [1.807, 2.05) is 6.07 Å². The highest BCUT2D eigenvalue weighted by molar-refractivity contribution is 5.98. The zero-order valence-corrected chi connectivity index (χ0v) is 31.4. The number of rotatable bonds is 5. The second kappa shape index (κ2) is 12.3. The molecule has 8 aromatic carbocycles. The lowest BCUT2D eigenvalue weighted by molar-refractivity contribution is 0.661. The molecule has 0 spiro atoms. The van der Waals surface area contributed by atoms with Gasteiger partial charge >= 0.3 is 0 Å². The van der Waals surface area contributed by atoms with Crippen LogP contribution in [0.4, 0.5) is 0 Å². The molecule has 0 N–H and O–H groups in total. The number of hydrogen-bond donors (Lipinski definition) is 0. The van der Waals surface area contributed by atoms with Gasteiger partial charge < -0.3 is 0 Å². The van der Waals surface area contributed by atoms with Crippen molar-refractivity contribution in [2.75, 3.05) is 0 Å². The Balaban J connectivity index is 1.17. The molecular formula is C54H38N2. The van der Waals surface area contributed by atoms with Gasteiger partial charge in [-0.1, -0.05) is 184 Å². The van der Waals surface area contributed by atoms with Crippen LogP contribution >= 0.6 is 0 Å². The first kappa shape index (κ1) is 32.5. The molecule has 0 saturated carbocycles. The van der Waals surface area contributed by atoms with Crippen LogP contribution in [0.3, 0.4) is 0 Å². The van der Waals surface area contributed by atoms with Crippen LogP contribution in [-0.4, -0.2) is 9.97 Å². The molecule has 0 atom stereocenters. The summed E-state index contributed by atoms with van der Waals surface area (Å²) in [4.78, 5) is 10.7. The van der Waals surface area contributed by atoms with Gasteiger partial charge in [-0.3, -0.25) is 0 Å². The minimum Gasteiger partial charge on any atom is -0.228 e. The fraction of sp³-hybridized carbons (Fsp3) is 0.0741. The third kappa shape index (κ3) is 4.69. The van der Waals surface area contributed by atoms with Crippen molar-refractivity contribution in [2.24, 2.45) is 0 Å². The topological polar surface area (TPSA) is 25.8 Å². The monoisotopic (exact) mass is 714 g/mol. The summed E-state index contributed by atoms with van der Waals surface area (Å²) in [5, 5.41) is 2.52. The molecule has 0 aliphatic heterocycles. The van der Waals surface area contributed by atoms with E-state index in [1.54, 1.807) is 0 Å². The van der Waals surface area contributed by atoms with Gasteiger partial charge in [0.15, 0.2) is 5.82 Å². The Morgan fingerprint density at radius 3 is 1.66 bits per heavy atom. The molecule has 2 aliphatic carbocycles. The summed E-state index contributed by atoms with van der Waals surface area (Å²) in [7, 11) is 0. The molecule has 2 nitrogen and oxygen atoms in total. The van der Waals surface area contributed by atoms with Crippen molar-refractivity contribution in [3.05, 3.63) is 228 Å². The minimum atomic E-state index is -0.499. The fourth-order valence-electron chi connectivity index (χ4n) is 9.74. The van der Waals surface area contributed by atoms with Crippen molar-refractivity contribution in [1.82, 2.24) is 9.97 Å². The lowest BCUT2D eigenvalue weighted by Gasteiger charge is -2.34. The van der Waals surface area contributed by atoms with Crippen molar-refractivity contribution in [2.45, 2.75) is 24.7 Å². The van der Waals surface area contributed by atoms with E-state index in [0.29, 0.717) is 5.82 Å². The van der Waals surface area contributed by atoms with Crippen LogP contribution in [0.5, 0.6) is 0 Å². The van der Waals surface area contributed by atoms with E-state index in [9.17, 15) is 0 Å². The largest absolute Gasteiger partial charge is 0.228 e. The molecule has 9 aromatic rings. The third-order valence-corrected chi connectivity index (χ3v) is 12.4. The SMILES string of the molecule is CC1(C)c2cc3ccccc3cc2-c2c(-c3cc(-c4ccc5c(c4)C(c4ccccc4)(c4ccccc4)c4ccccc4-5)nc(-c4ccccc4)n3)cccc21. The molecule has 2 heteroatoms. The Morgan fingerprint density at radius 2 is 0.929 bits per heavy atom. The predicted molar refractivity (Wildman–Crippen MR) is 231 cm³/mol. The third-order valence-electron chi connectivity index (χ3n) is 12.4. The van der Waals surface area contributed by atoms with Crippen LogP contribution in [0.1, 0.15) is 47.2 Å². The lowest BCUT2D eigenvalue weighted by atomic mass is 9.67. The van der Waals surface area contributed by atoms with Crippen LogP contribution in [0.25, 0.3) is 66.9 Å². The van der Waals surface area contributed by atoms with Gasteiger partial charge in [0, 0.05) is 22.1 Å². The molecule has 0 bridgehead atoms. The predicted octanol–water partition coefficient (Wildman–Crippen LogP) is 13.3. The number of nitrogens with zero attached hydrogens (tertiary/aromatic N) is 2. The second-order valence-corrected chi connectivity index (χ2v) is 15.7. The first-order chi connectivity index (χ1) is 27.5. The van der Waals surface area contributed by atoms with Gasteiger partial charge in [0.2, 0.25) is 0 Å². The normalized spacial score (nSPS) is 14.2. The van der Waals surface area contributed by atoms with Gasteiger partial charge in [-0.25, -0.2) is 9.97 Å². The Morgan fingerprint density at radius 1 is 0.357 bits per heavy atom. The first-order valence-corrected chi connectivity index (χ1v) is 19.5. The highest BCUT2D eigenvalue weighted by Crippen LogP contribution is 2.57. The van der Waals surface area contributed by atoms with Crippen LogP contribution in [0, 0.1) is 0 Å². The van der Waals surface area contributed by atoms with Gasteiger partial charge in [-0.15, -0.1) is 0 Å². The van der Waals surface area contributed by atoms with Crippen molar-refractivity contribution < 1.29 is 0 Å². The number of fused-ring (bicyclic) bond motifs is 7. The second-order valence-electron chi connectivity index (χ2n) is 15.7. The molecule has 1 heterocycles. The maximum Gasteiger partial charge on any atom is 0.160 e. The number of benzene rings is 8. The van der Waals surface area contributed by atoms with E-state index in [0.717, 1.165) is 28.1 Å². The Hall–Kier alpha value is -6.90. The molecule has 2 aliphatic rings. The van der Waals surface area contributed by atoms with E-state index < -0.39 is 5.41 Å². The van der Waals surface area contributed by atoms with Crippen LogP contribution in [0.15, 0.2) is 194 Å². The van der Waals surface area contributed by atoms with Gasteiger partial charge in [-0.2, -0.15) is 0 Å². The number of aromatic nitrogens is 2. The Labute approximate surface area is 327 Å². The van der Waals surface area contributed by atoms with Gasteiger partial charge in [-0.05, 0) is 90.7 Å². The summed E-state index contributed by atoms with van der Waals surface area (Å²) in [5.74, 6) is 0.716. The molecule has 1 aromatic heterocycles. The highest BCUT2D eigenvalue weighted by Gasteiger charge is 2.46. The van der Waals surface area contributed by atoms with E-state index in [4.69, 9.17) is 9.97 Å². The van der Waals surface area contributed by atoms with Crippen LogP contribution in [-0.2, 0) is 10.8 Å². The van der Waals surface area contributed by atoms with E-state index >= 15 is 0 Å². The van der Waals surface area contributed by atoms with E-state index in [2.05, 4.69) is 202 Å². The summed E-state index contributed by atoms with van der Waals surface area (Å²) in [6, 6.07) is 70.7. The van der Waals surface area contributed by atoms with E-state index in [-0.39, 0.29) is 5.41 Å². The average molecular weight is 715 g/mol. The van der Waals surface area contributed by atoms with Crippen molar-refractivity contribution in [1.29, 1.82) is 0 Å². The fourth-order valence-corrected chi connectivity index (χ4v) is 9.74. The van der Waals surface area contributed by atoms with Gasteiger partial charge in [0.1, 0.15) is 0 Å². The highest BCUT2D eigenvalue weighted by atomic mass is 14.9. The molecule has 0 amide bonds. The first-order valence-electron chi connectivity index (χ1n) is 19.5. The summed E-state index contributed by atoms with van der Waals surface area (Å²) in [5.41, 5.74) is 17.1. The number of hydrogen-bond acceptors (Lipinski definition) is 2.